The lowest BCUT2D eigenvalue weighted by atomic mass is 10.2. The molecule has 0 spiro atoms. The summed E-state index contributed by atoms with van der Waals surface area (Å²) in [4.78, 5) is 0. The summed E-state index contributed by atoms with van der Waals surface area (Å²) in [5.41, 5.74) is 1.14. The van der Waals surface area contributed by atoms with Crippen molar-refractivity contribution in [3.05, 3.63) is 28.2 Å². The van der Waals surface area contributed by atoms with Gasteiger partial charge in [-0.25, -0.2) is 0 Å². The molecule has 1 aromatic carbocycles. The van der Waals surface area contributed by atoms with E-state index in [1.54, 1.807) is 6.92 Å². The van der Waals surface area contributed by atoms with Gasteiger partial charge in [0.1, 0.15) is 5.75 Å². The fourth-order valence-corrected chi connectivity index (χ4v) is 2.11. The SMILES string of the molecule is CCCNCc1cccc(Br)c1OCCC(C)O. The third-order valence-electron chi connectivity index (χ3n) is 2.57. The summed E-state index contributed by atoms with van der Waals surface area (Å²) in [7, 11) is 0. The maximum Gasteiger partial charge on any atom is 0.137 e. The number of aliphatic hydroxyl groups excluding tert-OH is 1. The van der Waals surface area contributed by atoms with Gasteiger partial charge in [-0.3, -0.25) is 0 Å². The van der Waals surface area contributed by atoms with Crippen LogP contribution in [0, 0.1) is 0 Å². The Balaban J connectivity index is 2.61. The lowest BCUT2D eigenvalue weighted by Gasteiger charge is -2.14. The first-order valence-corrected chi connectivity index (χ1v) is 7.23. The van der Waals surface area contributed by atoms with Gasteiger partial charge < -0.3 is 15.2 Å². The average Bonchev–Trinajstić information content (AvgIpc) is 2.32. The summed E-state index contributed by atoms with van der Waals surface area (Å²) in [6.45, 7) is 6.25. The number of halogens is 1. The van der Waals surface area contributed by atoms with Gasteiger partial charge in [-0.1, -0.05) is 19.1 Å². The highest BCUT2D eigenvalue weighted by atomic mass is 79.9. The highest BCUT2D eigenvalue weighted by Gasteiger charge is 2.08. The maximum atomic E-state index is 9.24. The summed E-state index contributed by atoms with van der Waals surface area (Å²) < 4.78 is 6.72. The second-order valence-electron chi connectivity index (χ2n) is 4.39. The van der Waals surface area contributed by atoms with Gasteiger partial charge in [0.2, 0.25) is 0 Å². The van der Waals surface area contributed by atoms with Crippen molar-refractivity contribution in [2.75, 3.05) is 13.2 Å². The van der Waals surface area contributed by atoms with Crippen LogP contribution in [0.25, 0.3) is 0 Å². The minimum Gasteiger partial charge on any atom is -0.492 e. The standard InChI is InChI=1S/C14H22BrNO2/c1-3-8-16-10-12-5-4-6-13(15)14(12)18-9-7-11(2)17/h4-6,11,16-17H,3,7-10H2,1-2H3. The van der Waals surface area contributed by atoms with Crippen LogP contribution in [0.5, 0.6) is 5.75 Å². The van der Waals surface area contributed by atoms with Gasteiger partial charge in [-0.2, -0.15) is 0 Å². The molecule has 1 unspecified atom stereocenters. The van der Waals surface area contributed by atoms with Gasteiger partial charge in [0, 0.05) is 18.5 Å². The van der Waals surface area contributed by atoms with Gasteiger partial charge in [-0.15, -0.1) is 0 Å². The second kappa shape index (κ2) is 8.51. The van der Waals surface area contributed by atoms with Crippen LogP contribution in [0.15, 0.2) is 22.7 Å². The molecule has 1 rings (SSSR count). The summed E-state index contributed by atoms with van der Waals surface area (Å²) in [5, 5.41) is 12.6. The van der Waals surface area contributed by atoms with Crippen LogP contribution in [0.2, 0.25) is 0 Å². The van der Waals surface area contributed by atoms with Gasteiger partial charge in [-0.05, 0) is 41.9 Å². The van der Waals surface area contributed by atoms with Crippen molar-refractivity contribution in [2.24, 2.45) is 0 Å². The maximum absolute atomic E-state index is 9.24. The third kappa shape index (κ3) is 5.38. The lowest BCUT2D eigenvalue weighted by Crippen LogP contribution is -2.15. The predicted octanol–water partition coefficient (Wildman–Crippen LogP) is 3.10. The van der Waals surface area contributed by atoms with Crippen molar-refractivity contribution in [3.63, 3.8) is 0 Å². The van der Waals surface area contributed by atoms with E-state index >= 15 is 0 Å². The highest BCUT2D eigenvalue weighted by molar-refractivity contribution is 9.10. The van der Waals surface area contributed by atoms with Crippen molar-refractivity contribution in [1.29, 1.82) is 0 Å². The molecular weight excluding hydrogens is 294 g/mol. The average molecular weight is 316 g/mol. The molecule has 0 fully saturated rings. The summed E-state index contributed by atoms with van der Waals surface area (Å²) in [6, 6.07) is 6.04. The summed E-state index contributed by atoms with van der Waals surface area (Å²) >= 11 is 3.51. The van der Waals surface area contributed by atoms with Crippen LogP contribution in [-0.4, -0.2) is 24.4 Å². The van der Waals surface area contributed by atoms with E-state index in [0.717, 1.165) is 35.3 Å². The molecule has 3 nitrogen and oxygen atoms in total. The number of para-hydroxylation sites is 1. The van der Waals surface area contributed by atoms with E-state index in [0.29, 0.717) is 13.0 Å². The Hall–Kier alpha value is -0.580. The summed E-state index contributed by atoms with van der Waals surface area (Å²) in [5.74, 6) is 0.877. The first-order valence-electron chi connectivity index (χ1n) is 6.44. The molecule has 0 aliphatic rings. The molecule has 0 aliphatic heterocycles. The number of rotatable bonds is 8. The van der Waals surface area contributed by atoms with Crippen molar-refractivity contribution < 1.29 is 9.84 Å². The smallest absolute Gasteiger partial charge is 0.137 e. The van der Waals surface area contributed by atoms with E-state index < -0.39 is 0 Å². The number of aliphatic hydroxyl groups is 1. The number of hydrogen-bond donors (Lipinski definition) is 2. The molecule has 0 amide bonds. The van der Waals surface area contributed by atoms with E-state index in [2.05, 4.69) is 34.2 Å². The van der Waals surface area contributed by atoms with E-state index in [-0.39, 0.29) is 6.10 Å². The molecule has 1 atom stereocenters. The van der Waals surface area contributed by atoms with Crippen molar-refractivity contribution in [3.8, 4) is 5.75 Å². The van der Waals surface area contributed by atoms with E-state index in [1.165, 1.54) is 0 Å². The Morgan fingerprint density at radius 2 is 2.22 bits per heavy atom. The van der Waals surface area contributed by atoms with Gasteiger partial charge in [0.05, 0.1) is 17.2 Å². The molecule has 0 aromatic heterocycles. The molecule has 0 heterocycles. The van der Waals surface area contributed by atoms with Crippen LogP contribution in [0.4, 0.5) is 0 Å². The molecule has 0 bridgehead atoms. The zero-order valence-electron chi connectivity index (χ0n) is 11.1. The largest absolute Gasteiger partial charge is 0.492 e. The molecule has 0 saturated carbocycles. The Bertz CT molecular complexity index is 356. The Morgan fingerprint density at radius 3 is 2.89 bits per heavy atom. The van der Waals surface area contributed by atoms with Crippen molar-refractivity contribution in [2.45, 2.75) is 39.3 Å². The van der Waals surface area contributed by atoms with Crippen LogP contribution in [-0.2, 0) is 6.54 Å². The quantitative estimate of drug-likeness (QED) is 0.724. The van der Waals surface area contributed by atoms with E-state index in [1.807, 2.05) is 12.1 Å². The predicted molar refractivity (Wildman–Crippen MR) is 77.9 cm³/mol. The highest BCUT2D eigenvalue weighted by Crippen LogP contribution is 2.29. The normalized spacial score (nSPS) is 12.4. The Labute approximate surface area is 118 Å². The zero-order chi connectivity index (χ0) is 13.4. The van der Waals surface area contributed by atoms with Crippen LogP contribution >= 0.6 is 15.9 Å². The lowest BCUT2D eigenvalue weighted by molar-refractivity contribution is 0.155. The van der Waals surface area contributed by atoms with Gasteiger partial charge >= 0.3 is 0 Å². The number of nitrogens with one attached hydrogen (secondary N) is 1. The Morgan fingerprint density at radius 1 is 1.44 bits per heavy atom. The number of hydrogen-bond acceptors (Lipinski definition) is 3. The number of benzene rings is 1. The summed E-state index contributed by atoms with van der Waals surface area (Å²) in [6.07, 6.45) is 1.43. The van der Waals surface area contributed by atoms with Crippen LogP contribution in [0.1, 0.15) is 32.3 Å². The second-order valence-corrected chi connectivity index (χ2v) is 5.25. The molecule has 0 aliphatic carbocycles. The molecular formula is C14H22BrNO2. The minimum atomic E-state index is -0.325. The van der Waals surface area contributed by atoms with E-state index in [4.69, 9.17) is 4.74 Å². The molecule has 2 N–H and O–H groups in total. The fraction of sp³-hybridized carbons (Fsp3) is 0.571. The molecule has 4 heteroatoms. The van der Waals surface area contributed by atoms with Crippen molar-refractivity contribution >= 4 is 15.9 Å². The minimum absolute atomic E-state index is 0.325. The molecule has 0 saturated heterocycles. The van der Waals surface area contributed by atoms with E-state index in [9.17, 15) is 5.11 Å². The monoisotopic (exact) mass is 315 g/mol. The fourth-order valence-electron chi connectivity index (χ4n) is 1.59. The third-order valence-corrected chi connectivity index (χ3v) is 3.20. The first-order chi connectivity index (χ1) is 8.65. The topological polar surface area (TPSA) is 41.5 Å². The molecule has 18 heavy (non-hydrogen) atoms. The van der Waals surface area contributed by atoms with Crippen molar-refractivity contribution in [1.82, 2.24) is 5.32 Å². The van der Waals surface area contributed by atoms with Gasteiger partial charge in [0.15, 0.2) is 0 Å². The zero-order valence-corrected chi connectivity index (χ0v) is 12.7. The first kappa shape index (κ1) is 15.5. The van der Waals surface area contributed by atoms with Gasteiger partial charge in [0.25, 0.3) is 0 Å². The Kier molecular flexibility index (Phi) is 7.32. The number of ether oxygens (including phenoxy) is 1. The molecule has 0 radical (unpaired) electrons. The van der Waals surface area contributed by atoms with Crippen LogP contribution < -0.4 is 10.1 Å². The van der Waals surface area contributed by atoms with Crippen LogP contribution in [0.3, 0.4) is 0 Å². The molecule has 1 aromatic rings. The molecule has 102 valence electrons.